The van der Waals surface area contributed by atoms with E-state index < -0.39 is 5.97 Å². The quantitative estimate of drug-likeness (QED) is 0.220. The third-order valence-electron chi connectivity index (χ3n) is 5.50. The van der Waals surface area contributed by atoms with Crippen molar-refractivity contribution in [1.29, 1.82) is 0 Å². The highest BCUT2D eigenvalue weighted by atomic mass is 16.5. The maximum absolute atomic E-state index is 11.5. The molecule has 0 radical (unpaired) electrons. The van der Waals surface area contributed by atoms with Crippen LogP contribution in [0.15, 0.2) is 72.9 Å². The molecule has 2 aromatic carbocycles. The Morgan fingerprint density at radius 3 is 2.58 bits per heavy atom. The first-order valence-corrected chi connectivity index (χ1v) is 11.3. The Morgan fingerprint density at radius 2 is 1.92 bits per heavy atom. The number of nitrogen functional groups attached to an aromatic ring is 1. The fourth-order valence-corrected chi connectivity index (χ4v) is 3.68. The molecule has 0 amide bonds. The lowest BCUT2D eigenvalue weighted by molar-refractivity contribution is -0.592. The van der Waals surface area contributed by atoms with Crippen molar-refractivity contribution in [3.8, 4) is 5.75 Å². The van der Waals surface area contributed by atoms with E-state index >= 15 is 0 Å². The summed E-state index contributed by atoms with van der Waals surface area (Å²) in [4.78, 5) is 25.6. The topological polar surface area (TPSA) is 132 Å². The molecule has 0 fully saturated rings. The number of anilines is 4. The van der Waals surface area contributed by atoms with Gasteiger partial charge in [0.15, 0.2) is 0 Å². The van der Waals surface area contributed by atoms with Crippen molar-refractivity contribution in [2.75, 3.05) is 42.8 Å². The molecule has 0 bridgehead atoms. The summed E-state index contributed by atoms with van der Waals surface area (Å²) in [5.41, 5.74) is 8.52. The average molecular weight is 495 g/mol. The van der Waals surface area contributed by atoms with Crippen LogP contribution < -0.4 is 25.0 Å². The molecule has 190 valence electrons. The van der Waals surface area contributed by atoms with Crippen molar-refractivity contribution in [3.05, 3.63) is 78.1 Å². The molecule has 1 aliphatic rings. The van der Waals surface area contributed by atoms with Crippen molar-refractivity contribution in [2.45, 2.75) is 18.9 Å². The van der Waals surface area contributed by atoms with Gasteiger partial charge in [0.2, 0.25) is 0 Å². The zero-order valence-electron chi connectivity index (χ0n) is 20.2. The van der Waals surface area contributed by atoms with Crippen LogP contribution >= 0.6 is 0 Å². The number of aromatic nitrogens is 1. The highest BCUT2D eigenvalue weighted by Crippen LogP contribution is 2.39. The molecule has 1 unspecified atom stereocenters. The molecule has 3 N–H and O–H groups in total. The highest BCUT2D eigenvalue weighted by Gasteiger charge is 2.28. The standard InChI is InChI=1S/C17H18N2O3.C9H12N2O3/c1-21-17(20)10-14-11-19(13-5-3-2-4-6-13)15-9-12(18)7-8-16(15)22-14;1-10(7-5-9(12)13)8-4-2-3-6-11(8)14/h2-9,14H,10-11,18H2,1H3;2-4,6H,5,7H2,1H3,(H,12,13). The number of ether oxygens (including phenoxy) is 2. The number of benzene rings is 2. The van der Waals surface area contributed by atoms with Gasteiger partial charge in [0.1, 0.15) is 11.9 Å². The van der Waals surface area contributed by atoms with Crippen LogP contribution in [0.1, 0.15) is 12.8 Å². The van der Waals surface area contributed by atoms with Crippen LogP contribution in [0, 0.1) is 5.21 Å². The lowest BCUT2D eigenvalue weighted by atomic mass is 10.1. The predicted molar refractivity (Wildman–Crippen MR) is 136 cm³/mol. The number of nitrogens with two attached hydrogens (primary N) is 1. The highest BCUT2D eigenvalue weighted by molar-refractivity contribution is 5.75. The minimum absolute atomic E-state index is 0.0192. The summed E-state index contributed by atoms with van der Waals surface area (Å²) >= 11 is 0. The molecule has 0 spiro atoms. The molecule has 4 rings (SSSR count). The molecule has 1 aliphatic heterocycles. The van der Waals surface area contributed by atoms with E-state index in [1.807, 2.05) is 42.5 Å². The predicted octanol–water partition coefficient (Wildman–Crippen LogP) is 2.96. The number of hydrogen-bond acceptors (Lipinski definition) is 8. The molecule has 36 heavy (non-hydrogen) atoms. The van der Waals surface area contributed by atoms with Crippen molar-refractivity contribution in [1.82, 2.24) is 0 Å². The number of nitrogens with zero attached hydrogens (tertiary/aromatic N) is 3. The maximum Gasteiger partial charge on any atom is 0.309 e. The second kappa shape index (κ2) is 12.3. The van der Waals surface area contributed by atoms with Gasteiger partial charge in [-0.15, -0.1) is 0 Å². The number of methoxy groups -OCH3 is 1. The zero-order chi connectivity index (χ0) is 26.1. The lowest BCUT2D eigenvalue weighted by Gasteiger charge is -2.36. The fraction of sp³-hybridized carbons (Fsp3) is 0.269. The second-order valence-corrected chi connectivity index (χ2v) is 8.14. The minimum Gasteiger partial charge on any atom is -0.711 e. The first-order valence-electron chi connectivity index (χ1n) is 11.3. The van der Waals surface area contributed by atoms with Crippen molar-refractivity contribution in [2.24, 2.45) is 0 Å². The molecule has 0 aliphatic carbocycles. The van der Waals surface area contributed by atoms with E-state index in [0.29, 0.717) is 29.3 Å². The second-order valence-electron chi connectivity index (χ2n) is 8.14. The molecular formula is C26H30N4O6. The van der Waals surface area contributed by atoms with Crippen LogP contribution in [0.4, 0.5) is 22.9 Å². The third kappa shape index (κ3) is 7.02. The van der Waals surface area contributed by atoms with Crippen LogP contribution in [-0.2, 0) is 14.3 Å². The normalized spacial score (nSPS) is 13.9. The van der Waals surface area contributed by atoms with Gasteiger partial charge in [0, 0.05) is 17.4 Å². The number of esters is 1. The molecule has 1 aromatic heterocycles. The largest absolute Gasteiger partial charge is 0.711 e. The number of para-hydroxylation sites is 1. The number of carbonyl (C=O) groups is 2. The van der Waals surface area contributed by atoms with Crippen molar-refractivity contribution in [3.63, 3.8) is 0 Å². The number of rotatable bonds is 7. The van der Waals surface area contributed by atoms with Gasteiger partial charge in [0.05, 0.1) is 52.0 Å². The van der Waals surface area contributed by atoms with E-state index in [1.165, 1.54) is 13.3 Å². The van der Waals surface area contributed by atoms with Crippen LogP contribution in [0.2, 0.25) is 0 Å². The summed E-state index contributed by atoms with van der Waals surface area (Å²) in [6.45, 7) is 0.886. The Hall–Kier alpha value is -4.47. The number of pyridine rings is 1. The Balaban J connectivity index is 0.000000223. The number of carboxylic acid groups (broad SMARTS) is 1. The van der Waals surface area contributed by atoms with Gasteiger partial charge in [-0.05, 0) is 36.4 Å². The molecule has 3 aromatic rings. The maximum atomic E-state index is 11.5. The molecule has 10 heteroatoms. The smallest absolute Gasteiger partial charge is 0.309 e. The molecular weight excluding hydrogens is 464 g/mol. The third-order valence-corrected chi connectivity index (χ3v) is 5.50. The lowest BCUT2D eigenvalue weighted by Crippen LogP contribution is -2.38. The SMILES string of the molecule is CN(CCC(=O)O)c1cccc[n+]1[O-].COC(=O)CC1CN(c2ccccc2)c2cc(N)ccc2O1. The average Bonchev–Trinajstić information content (AvgIpc) is 2.88. The Kier molecular flexibility index (Phi) is 8.93. The zero-order valence-corrected chi connectivity index (χ0v) is 20.2. The van der Waals surface area contributed by atoms with Gasteiger partial charge in [-0.1, -0.05) is 24.3 Å². The van der Waals surface area contributed by atoms with Gasteiger partial charge in [0.25, 0.3) is 5.82 Å². The first-order chi connectivity index (χ1) is 17.3. The molecule has 10 nitrogen and oxygen atoms in total. The number of carboxylic acids is 1. The van der Waals surface area contributed by atoms with E-state index in [9.17, 15) is 14.8 Å². The number of carbonyl (C=O) groups excluding carboxylic acids is 1. The van der Waals surface area contributed by atoms with Gasteiger partial charge in [-0.2, -0.15) is 0 Å². The Morgan fingerprint density at radius 1 is 1.19 bits per heavy atom. The summed E-state index contributed by atoms with van der Waals surface area (Å²) in [5.74, 6) is 0.0223. The van der Waals surface area contributed by atoms with Crippen LogP contribution in [0.25, 0.3) is 0 Å². The first kappa shape index (κ1) is 26.1. The van der Waals surface area contributed by atoms with Crippen molar-refractivity contribution >= 4 is 34.8 Å². The number of fused-ring (bicyclic) bond motifs is 1. The summed E-state index contributed by atoms with van der Waals surface area (Å²) in [6.07, 6.45) is 1.35. The van der Waals surface area contributed by atoms with E-state index in [2.05, 4.69) is 4.90 Å². The Bertz CT molecular complexity index is 1170. The number of hydrogen-bond donors (Lipinski definition) is 2. The van der Waals surface area contributed by atoms with Crippen LogP contribution in [-0.4, -0.2) is 50.4 Å². The molecule has 1 atom stereocenters. The summed E-state index contributed by atoms with van der Waals surface area (Å²) < 4.78 is 11.4. The van der Waals surface area contributed by atoms with Gasteiger partial charge < -0.3 is 30.4 Å². The van der Waals surface area contributed by atoms with E-state index in [0.717, 1.165) is 17.1 Å². The number of aliphatic carboxylic acids is 1. The van der Waals surface area contributed by atoms with Gasteiger partial charge in [-0.3, -0.25) is 14.5 Å². The summed E-state index contributed by atoms with van der Waals surface area (Å²) in [5, 5.41) is 19.7. The van der Waals surface area contributed by atoms with E-state index in [-0.39, 0.29) is 24.9 Å². The monoisotopic (exact) mass is 494 g/mol. The minimum atomic E-state index is -0.870. The fourth-order valence-electron chi connectivity index (χ4n) is 3.68. The van der Waals surface area contributed by atoms with E-state index in [1.54, 1.807) is 36.2 Å². The van der Waals surface area contributed by atoms with Gasteiger partial charge >= 0.3 is 11.9 Å². The van der Waals surface area contributed by atoms with Crippen LogP contribution in [0.5, 0.6) is 5.75 Å². The van der Waals surface area contributed by atoms with Crippen LogP contribution in [0.3, 0.4) is 0 Å². The van der Waals surface area contributed by atoms with E-state index in [4.69, 9.17) is 20.3 Å². The molecule has 2 heterocycles. The van der Waals surface area contributed by atoms with Crippen molar-refractivity contribution < 1.29 is 28.9 Å². The molecule has 0 saturated heterocycles. The molecule has 0 saturated carbocycles. The summed E-state index contributed by atoms with van der Waals surface area (Å²) in [7, 11) is 3.07. The summed E-state index contributed by atoms with van der Waals surface area (Å²) in [6, 6.07) is 20.5. The Labute approximate surface area is 209 Å². The van der Waals surface area contributed by atoms with Gasteiger partial charge in [-0.25, -0.2) is 4.73 Å².